The number of rotatable bonds is 12. The van der Waals surface area contributed by atoms with Crippen LogP contribution in [0.2, 0.25) is 0 Å². The molecule has 1 amide bonds. The number of methoxy groups -OCH3 is 1. The third-order valence-corrected chi connectivity index (χ3v) is 8.68. The molecule has 220 valence electrons. The number of hydrogen-bond donors (Lipinski definition) is 6. The summed E-state index contributed by atoms with van der Waals surface area (Å²) in [5.41, 5.74) is -1.10. The molecule has 1 aromatic carbocycles. The maximum atomic E-state index is 13.1. The van der Waals surface area contributed by atoms with E-state index < -0.39 is 53.7 Å². The largest absolute Gasteiger partial charge is 0.508 e. The van der Waals surface area contributed by atoms with Crippen molar-refractivity contribution in [2.24, 2.45) is 11.8 Å². The Balaban J connectivity index is 1.60. The fourth-order valence-electron chi connectivity index (χ4n) is 5.26. The van der Waals surface area contributed by atoms with E-state index in [4.69, 9.17) is 14.2 Å². The molecule has 0 unspecified atom stereocenters. The van der Waals surface area contributed by atoms with Crippen LogP contribution in [-0.2, 0) is 19.0 Å². The summed E-state index contributed by atoms with van der Waals surface area (Å²) in [5.74, 6) is -1.01. The van der Waals surface area contributed by atoms with Crippen LogP contribution in [0.25, 0.3) is 0 Å². The van der Waals surface area contributed by atoms with Gasteiger partial charge in [0.25, 0.3) is 0 Å². The van der Waals surface area contributed by atoms with Crippen LogP contribution in [0.4, 0.5) is 0 Å². The smallest absolute Gasteiger partial charge is 0.341 e. The Hall–Kier alpha value is -2.09. The van der Waals surface area contributed by atoms with E-state index in [2.05, 4.69) is 12.2 Å². The van der Waals surface area contributed by atoms with Gasteiger partial charge in [-0.05, 0) is 44.2 Å². The van der Waals surface area contributed by atoms with Crippen LogP contribution in [-0.4, -0.2) is 98.9 Å². The Morgan fingerprint density at radius 3 is 2.56 bits per heavy atom. The molecular formula is C27H41NO10S. The number of aliphatic hydroxyl groups excluding tert-OH is 3. The van der Waals surface area contributed by atoms with Gasteiger partial charge in [0.15, 0.2) is 0 Å². The van der Waals surface area contributed by atoms with Crippen LogP contribution in [0.15, 0.2) is 18.2 Å². The molecule has 0 aromatic heterocycles. The molecule has 3 rings (SSSR count). The summed E-state index contributed by atoms with van der Waals surface area (Å²) in [6.07, 6.45) is -1.33. The maximum Gasteiger partial charge on any atom is 0.341 e. The Morgan fingerprint density at radius 2 is 1.90 bits per heavy atom. The highest BCUT2D eigenvalue weighted by Gasteiger charge is 2.49. The molecular weight excluding hydrogens is 530 g/mol. The predicted molar refractivity (Wildman–Crippen MR) is 143 cm³/mol. The molecule has 6 N–H and O–H groups in total. The van der Waals surface area contributed by atoms with Crippen molar-refractivity contribution in [2.75, 3.05) is 19.5 Å². The minimum absolute atomic E-state index is 0.102. The van der Waals surface area contributed by atoms with Gasteiger partial charge < -0.3 is 45.1 Å². The Morgan fingerprint density at radius 1 is 1.15 bits per heavy atom. The number of ether oxygens (including phenoxy) is 3. The molecule has 0 radical (unpaired) electrons. The molecule has 1 aromatic rings. The lowest BCUT2D eigenvalue weighted by Gasteiger charge is -2.44. The molecule has 9 atom stereocenters. The number of phenolic OH excluding ortho intramolecular Hbond substituents is 2. The van der Waals surface area contributed by atoms with Gasteiger partial charge in [0.1, 0.15) is 53.5 Å². The van der Waals surface area contributed by atoms with Gasteiger partial charge in [0.2, 0.25) is 5.91 Å². The van der Waals surface area contributed by atoms with E-state index in [0.29, 0.717) is 5.92 Å². The standard InChI is InChI=1S/C27H41NO10S/c1-4-5-15-6-7-16(12-15)25(34)28-20(14(2)36-3)24-22(32)21(31)23(33)27(38-24)39-11-10-37-26(35)18-9-8-17(29)13-19(18)30/h8-9,13-16,20-24,27,29-33H,4-7,10-12H2,1-3H3,(H,28,34)/t14-,15+,16+,20-,21+,22-,23-,24-,27-/m1/s1. The second-order valence-corrected chi connectivity index (χ2v) is 11.5. The Kier molecular flexibility index (Phi) is 11.7. The third-order valence-electron chi connectivity index (χ3n) is 7.56. The Labute approximate surface area is 232 Å². The van der Waals surface area contributed by atoms with Crippen molar-refractivity contribution >= 4 is 23.6 Å². The summed E-state index contributed by atoms with van der Waals surface area (Å²) in [5, 5.41) is 54.1. The SMILES string of the molecule is CCC[C@H]1CC[C@H](C(=O)N[C@@H]([C@H]2O[C@H](SCCOC(=O)c3ccc(O)cc3O)[C@H](O)[C@@H](O)[C@H]2O)[C@@H](C)OC)C1. The van der Waals surface area contributed by atoms with E-state index in [1.807, 2.05) is 0 Å². The molecule has 1 aliphatic carbocycles. The van der Waals surface area contributed by atoms with Gasteiger partial charge in [0, 0.05) is 24.8 Å². The molecule has 39 heavy (non-hydrogen) atoms. The van der Waals surface area contributed by atoms with Crippen LogP contribution in [0.1, 0.15) is 56.3 Å². The lowest BCUT2D eigenvalue weighted by molar-refractivity contribution is -0.212. The molecule has 1 aliphatic heterocycles. The number of esters is 1. The highest BCUT2D eigenvalue weighted by atomic mass is 32.2. The first kappa shape index (κ1) is 31.4. The molecule has 12 heteroatoms. The van der Waals surface area contributed by atoms with Crippen molar-refractivity contribution in [3.8, 4) is 11.5 Å². The third kappa shape index (κ3) is 7.99. The van der Waals surface area contributed by atoms with Crippen molar-refractivity contribution in [1.29, 1.82) is 0 Å². The van der Waals surface area contributed by atoms with Crippen molar-refractivity contribution in [2.45, 2.75) is 87.9 Å². The zero-order valence-electron chi connectivity index (χ0n) is 22.6. The second kappa shape index (κ2) is 14.5. The summed E-state index contributed by atoms with van der Waals surface area (Å²) in [6, 6.07) is 2.72. The zero-order chi connectivity index (χ0) is 28.7. The minimum Gasteiger partial charge on any atom is -0.508 e. The van der Waals surface area contributed by atoms with Gasteiger partial charge in [-0.25, -0.2) is 4.79 Å². The predicted octanol–water partition coefficient (Wildman–Crippen LogP) is 1.53. The van der Waals surface area contributed by atoms with Gasteiger partial charge in [-0.3, -0.25) is 4.79 Å². The van der Waals surface area contributed by atoms with Crippen molar-refractivity contribution in [3.05, 3.63) is 23.8 Å². The van der Waals surface area contributed by atoms with E-state index >= 15 is 0 Å². The quantitative estimate of drug-likeness (QED) is 0.159. The van der Waals surface area contributed by atoms with Crippen molar-refractivity contribution < 1.29 is 49.3 Å². The number of amides is 1. The van der Waals surface area contributed by atoms with Crippen molar-refractivity contribution in [1.82, 2.24) is 5.32 Å². The van der Waals surface area contributed by atoms with Crippen LogP contribution < -0.4 is 5.32 Å². The number of nitrogens with one attached hydrogen (secondary N) is 1. The van der Waals surface area contributed by atoms with E-state index in [9.17, 15) is 35.1 Å². The number of carbonyl (C=O) groups is 2. The van der Waals surface area contributed by atoms with Gasteiger partial charge in [-0.15, -0.1) is 11.8 Å². The van der Waals surface area contributed by atoms with E-state index in [1.54, 1.807) is 6.92 Å². The van der Waals surface area contributed by atoms with E-state index in [0.717, 1.165) is 49.9 Å². The summed E-state index contributed by atoms with van der Waals surface area (Å²) in [6.45, 7) is 3.76. The van der Waals surface area contributed by atoms with Crippen LogP contribution >= 0.6 is 11.8 Å². The molecule has 2 aliphatic rings. The lowest BCUT2D eigenvalue weighted by atomic mass is 9.91. The summed E-state index contributed by atoms with van der Waals surface area (Å²) in [4.78, 5) is 25.4. The van der Waals surface area contributed by atoms with Gasteiger partial charge >= 0.3 is 5.97 Å². The molecule has 0 spiro atoms. The van der Waals surface area contributed by atoms with Gasteiger partial charge in [-0.1, -0.05) is 19.8 Å². The summed E-state index contributed by atoms with van der Waals surface area (Å²) >= 11 is 1.07. The van der Waals surface area contributed by atoms with Crippen molar-refractivity contribution in [3.63, 3.8) is 0 Å². The van der Waals surface area contributed by atoms with Gasteiger partial charge in [-0.2, -0.15) is 0 Å². The summed E-state index contributed by atoms with van der Waals surface area (Å²) < 4.78 is 16.6. The first-order chi connectivity index (χ1) is 18.6. The van der Waals surface area contributed by atoms with E-state index in [-0.39, 0.29) is 35.5 Å². The van der Waals surface area contributed by atoms with Gasteiger partial charge in [0.05, 0.1) is 12.1 Å². The number of carbonyl (C=O) groups excluding carboxylic acids is 2. The Bertz CT molecular complexity index is 964. The fraction of sp³-hybridized carbons (Fsp3) is 0.704. The lowest BCUT2D eigenvalue weighted by Crippen LogP contribution is -2.65. The average Bonchev–Trinajstić information content (AvgIpc) is 3.38. The molecule has 1 saturated carbocycles. The topological polar surface area (TPSA) is 175 Å². The number of thioether (sulfide) groups is 1. The average molecular weight is 572 g/mol. The first-order valence-corrected chi connectivity index (χ1v) is 14.5. The number of benzene rings is 1. The molecule has 0 bridgehead atoms. The first-order valence-electron chi connectivity index (χ1n) is 13.4. The molecule has 11 nitrogen and oxygen atoms in total. The molecule has 1 heterocycles. The van der Waals surface area contributed by atoms with Crippen LogP contribution in [0.3, 0.4) is 0 Å². The highest BCUT2D eigenvalue weighted by Crippen LogP contribution is 2.35. The van der Waals surface area contributed by atoms with Crippen LogP contribution in [0, 0.1) is 11.8 Å². The monoisotopic (exact) mass is 571 g/mol. The molecule has 1 saturated heterocycles. The highest BCUT2D eigenvalue weighted by molar-refractivity contribution is 7.99. The number of aliphatic hydroxyl groups is 3. The maximum absolute atomic E-state index is 13.1. The zero-order valence-corrected chi connectivity index (χ0v) is 23.4. The molecule has 2 fully saturated rings. The minimum atomic E-state index is -1.54. The number of phenols is 2. The van der Waals surface area contributed by atoms with Crippen LogP contribution in [0.5, 0.6) is 11.5 Å². The number of aromatic hydroxyl groups is 2. The van der Waals surface area contributed by atoms with E-state index in [1.165, 1.54) is 19.2 Å². The normalized spacial score (nSPS) is 30.5. The fourth-order valence-corrected chi connectivity index (χ4v) is 6.23. The second-order valence-electron chi connectivity index (χ2n) is 10.3. The number of hydrogen-bond acceptors (Lipinski definition) is 11. The summed E-state index contributed by atoms with van der Waals surface area (Å²) in [7, 11) is 1.48.